The lowest BCUT2D eigenvalue weighted by Crippen LogP contribution is -2.22. The molecule has 27 heavy (non-hydrogen) atoms. The van der Waals surface area contributed by atoms with Gasteiger partial charge in [0, 0.05) is 17.3 Å². The molecule has 0 saturated heterocycles. The smallest absolute Gasteiger partial charge is 0.263 e. The van der Waals surface area contributed by atoms with Crippen molar-refractivity contribution < 1.29 is 4.79 Å². The van der Waals surface area contributed by atoms with Crippen molar-refractivity contribution >= 4 is 44.1 Å². The molecule has 2 heterocycles. The number of hydrogen-bond acceptors (Lipinski definition) is 4. The molecule has 4 aromatic rings. The standard InChI is InChI=1S/C22H21N3OS/c1-12-4-6-15(7-5-12)11-24-21(26)20-18(23)17-10-16-9-13(2)8-14(3)19(16)25-22(17)27-20/h4-10H,11,23H2,1-3H3,(H,24,26). The van der Waals surface area contributed by atoms with Crippen LogP contribution in [0.15, 0.2) is 42.5 Å². The molecular weight excluding hydrogens is 354 g/mol. The first-order valence-corrected chi connectivity index (χ1v) is 9.68. The zero-order chi connectivity index (χ0) is 19.1. The number of hydrogen-bond donors (Lipinski definition) is 2. The van der Waals surface area contributed by atoms with Crippen molar-refractivity contribution in [3.05, 3.63) is 69.6 Å². The molecule has 0 aliphatic rings. The maximum absolute atomic E-state index is 12.7. The third kappa shape index (κ3) is 3.26. The van der Waals surface area contributed by atoms with E-state index in [9.17, 15) is 4.79 Å². The summed E-state index contributed by atoms with van der Waals surface area (Å²) in [7, 11) is 0. The molecule has 0 aliphatic heterocycles. The van der Waals surface area contributed by atoms with E-state index in [1.54, 1.807) is 0 Å². The van der Waals surface area contributed by atoms with Gasteiger partial charge in [0.1, 0.15) is 9.71 Å². The number of thiophene rings is 1. The van der Waals surface area contributed by atoms with Crippen LogP contribution < -0.4 is 11.1 Å². The van der Waals surface area contributed by atoms with Gasteiger partial charge in [-0.3, -0.25) is 4.79 Å². The molecule has 0 radical (unpaired) electrons. The number of nitrogen functional groups attached to an aromatic ring is 1. The van der Waals surface area contributed by atoms with E-state index in [1.165, 1.54) is 22.5 Å². The molecule has 0 unspecified atom stereocenters. The van der Waals surface area contributed by atoms with Crippen LogP contribution in [-0.2, 0) is 6.54 Å². The van der Waals surface area contributed by atoms with Crippen LogP contribution in [0.25, 0.3) is 21.1 Å². The Bertz CT molecular complexity index is 1180. The Morgan fingerprint density at radius 3 is 2.56 bits per heavy atom. The molecule has 0 bridgehead atoms. The lowest BCUT2D eigenvalue weighted by Gasteiger charge is -2.05. The second-order valence-corrected chi connectivity index (χ2v) is 8.01. The summed E-state index contributed by atoms with van der Waals surface area (Å²) >= 11 is 1.35. The largest absolute Gasteiger partial charge is 0.397 e. The molecule has 1 amide bonds. The minimum atomic E-state index is -0.159. The number of nitrogens with one attached hydrogen (secondary N) is 1. The summed E-state index contributed by atoms with van der Waals surface area (Å²) in [6.45, 7) is 6.64. The first-order chi connectivity index (χ1) is 12.9. The van der Waals surface area contributed by atoms with Gasteiger partial charge >= 0.3 is 0 Å². The third-order valence-electron chi connectivity index (χ3n) is 4.73. The van der Waals surface area contributed by atoms with Gasteiger partial charge in [0.15, 0.2) is 0 Å². The van der Waals surface area contributed by atoms with Crippen LogP contribution in [-0.4, -0.2) is 10.9 Å². The Morgan fingerprint density at radius 1 is 1.07 bits per heavy atom. The maximum atomic E-state index is 12.7. The van der Waals surface area contributed by atoms with E-state index in [1.807, 2.05) is 37.3 Å². The van der Waals surface area contributed by atoms with Gasteiger partial charge in [-0.15, -0.1) is 11.3 Å². The first-order valence-electron chi connectivity index (χ1n) is 8.86. The summed E-state index contributed by atoms with van der Waals surface area (Å²) in [6, 6.07) is 14.4. The topological polar surface area (TPSA) is 68.0 Å². The maximum Gasteiger partial charge on any atom is 0.263 e. The summed E-state index contributed by atoms with van der Waals surface area (Å²) in [5, 5.41) is 4.86. The van der Waals surface area contributed by atoms with Crippen LogP contribution in [0, 0.1) is 20.8 Å². The minimum Gasteiger partial charge on any atom is -0.397 e. The fourth-order valence-corrected chi connectivity index (χ4v) is 4.31. The highest BCUT2D eigenvalue weighted by molar-refractivity contribution is 7.21. The molecule has 136 valence electrons. The lowest BCUT2D eigenvalue weighted by molar-refractivity contribution is 0.0956. The lowest BCUT2D eigenvalue weighted by atomic mass is 10.1. The highest BCUT2D eigenvalue weighted by atomic mass is 32.1. The number of fused-ring (bicyclic) bond motifs is 2. The van der Waals surface area contributed by atoms with E-state index in [4.69, 9.17) is 10.7 Å². The number of amides is 1. The van der Waals surface area contributed by atoms with Crippen LogP contribution >= 0.6 is 11.3 Å². The number of carbonyl (C=O) groups is 1. The molecule has 0 fully saturated rings. The Kier molecular flexibility index (Phi) is 4.32. The summed E-state index contributed by atoms with van der Waals surface area (Å²) < 4.78 is 0. The molecule has 3 N–H and O–H groups in total. The van der Waals surface area contributed by atoms with Gasteiger partial charge in [0.25, 0.3) is 5.91 Å². The number of nitrogens with two attached hydrogens (primary N) is 1. The summed E-state index contributed by atoms with van der Waals surface area (Å²) in [4.78, 5) is 18.8. The number of aryl methyl sites for hydroxylation is 3. The van der Waals surface area contributed by atoms with Gasteiger partial charge in [0.2, 0.25) is 0 Å². The fraction of sp³-hybridized carbons (Fsp3) is 0.182. The molecule has 0 atom stereocenters. The van der Waals surface area contributed by atoms with Crippen molar-refractivity contribution in [1.29, 1.82) is 0 Å². The van der Waals surface area contributed by atoms with Gasteiger partial charge in [-0.25, -0.2) is 4.98 Å². The minimum absolute atomic E-state index is 0.159. The molecule has 0 saturated carbocycles. The average molecular weight is 375 g/mol. The molecule has 4 rings (SSSR count). The van der Waals surface area contributed by atoms with E-state index in [2.05, 4.69) is 31.3 Å². The Labute approximate surface area is 162 Å². The van der Waals surface area contributed by atoms with Gasteiger partial charge < -0.3 is 11.1 Å². The highest BCUT2D eigenvalue weighted by Gasteiger charge is 2.18. The van der Waals surface area contributed by atoms with Crippen molar-refractivity contribution in [2.75, 3.05) is 5.73 Å². The second kappa shape index (κ2) is 6.67. The second-order valence-electron chi connectivity index (χ2n) is 7.01. The molecule has 2 aromatic heterocycles. The third-order valence-corrected chi connectivity index (χ3v) is 5.85. The normalized spacial score (nSPS) is 11.2. The highest BCUT2D eigenvalue weighted by Crippen LogP contribution is 2.35. The molecule has 0 aliphatic carbocycles. The summed E-state index contributed by atoms with van der Waals surface area (Å²) in [5.74, 6) is -0.159. The van der Waals surface area contributed by atoms with E-state index in [0.29, 0.717) is 17.1 Å². The molecule has 5 heteroatoms. The average Bonchev–Trinajstić information content (AvgIpc) is 2.96. The van der Waals surface area contributed by atoms with Crippen LogP contribution in [0.5, 0.6) is 0 Å². The number of aromatic nitrogens is 1. The molecular formula is C22H21N3OS. The zero-order valence-corrected chi connectivity index (χ0v) is 16.4. The summed E-state index contributed by atoms with van der Waals surface area (Å²) in [6.07, 6.45) is 0. The van der Waals surface area contributed by atoms with Gasteiger partial charge in [-0.2, -0.15) is 0 Å². The van der Waals surface area contributed by atoms with E-state index in [0.717, 1.165) is 32.2 Å². The number of pyridine rings is 1. The van der Waals surface area contributed by atoms with Crippen molar-refractivity contribution in [3.63, 3.8) is 0 Å². The van der Waals surface area contributed by atoms with Gasteiger partial charge in [-0.1, -0.05) is 41.5 Å². The molecule has 2 aromatic carbocycles. The number of carbonyl (C=O) groups excluding carboxylic acids is 1. The Morgan fingerprint density at radius 2 is 1.81 bits per heavy atom. The van der Waals surface area contributed by atoms with Crippen LogP contribution in [0.2, 0.25) is 0 Å². The SMILES string of the molecule is Cc1ccc(CNC(=O)c2sc3nc4c(C)cc(C)cc4cc3c2N)cc1. The number of anilines is 1. The van der Waals surface area contributed by atoms with E-state index >= 15 is 0 Å². The van der Waals surface area contributed by atoms with Crippen LogP contribution in [0.3, 0.4) is 0 Å². The molecule has 4 nitrogen and oxygen atoms in total. The van der Waals surface area contributed by atoms with Crippen molar-refractivity contribution in [2.45, 2.75) is 27.3 Å². The van der Waals surface area contributed by atoms with Gasteiger partial charge in [-0.05, 0) is 44.0 Å². The Balaban J connectivity index is 1.68. The number of benzene rings is 2. The number of rotatable bonds is 3. The zero-order valence-electron chi connectivity index (χ0n) is 15.6. The van der Waals surface area contributed by atoms with Crippen molar-refractivity contribution in [1.82, 2.24) is 10.3 Å². The van der Waals surface area contributed by atoms with Crippen molar-refractivity contribution in [2.24, 2.45) is 0 Å². The predicted octanol–water partition coefficient (Wildman–Crippen LogP) is 4.89. The van der Waals surface area contributed by atoms with Gasteiger partial charge in [0.05, 0.1) is 11.2 Å². The monoisotopic (exact) mass is 375 g/mol. The van der Waals surface area contributed by atoms with E-state index < -0.39 is 0 Å². The summed E-state index contributed by atoms with van der Waals surface area (Å²) in [5.41, 5.74) is 12.3. The van der Waals surface area contributed by atoms with Crippen LogP contribution in [0.4, 0.5) is 5.69 Å². The Hall–Kier alpha value is -2.92. The quantitative estimate of drug-likeness (QED) is 0.536. The van der Waals surface area contributed by atoms with Crippen LogP contribution in [0.1, 0.15) is 31.9 Å². The predicted molar refractivity (Wildman–Crippen MR) is 113 cm³/mol. The van der Waals surface area contributed by atoms with Crippen molar-refractivity contribution in [3.8, 4) is 0 Å². The first kappa shape index (κ1) is 17.5. The molecule has 0 spiro atoms. The fourth-order valence-electron chi connectivity index (χ4n) is 3.32. The van der Waals surface area contributed by atoms with E-state index in [-0.39, 0.29) is 5.91 Å². The number of nitrogens with zero attached hydrogens (tertiary/aromatic N) is 1.